The lowest BCUT2D eigenvalue weighted by Gasteiger charge is -2.13. The molecule has 1 aromatic heterocycles. The topological polar surface area (TPSA) is 65.5 Å². The second kappa shape index (κ2) is 8.36. The van der Waals surface area contributed by atoms with E-state index in [0.29, 0.717) is 16.3 Å². The lowest BCUT2D eigenvalue weighted by atomic mass is 10.1. The van der Waals surface area contributed by atoms with E-state index in [2.05, 4.69) is 9.72 Å². The van der Waals surface area contributed by atoms with Gasteiger partial charge in [-0.15, -0.1) is 11.3 Å². The van der Waals surface area contributed by atoms with E-state index in [4.69, 9.17) is 4.74 Å². The Morgan fingerprint density at radius 3 is 2.53 bits per heavy atom. The summed E-state index contributed by atoms with van der Waals surface area (Å²) in [5.41, 5.74) is 1.18. The Bertz CT molecular complexity index is 1090. The van der Waals surface area contributed by atoms with Crippen LogP contribution in [0.1, 0.15) is 51.5 Å². The standard InChI is InChI=1S/C23H20FNO4S/c1-13(29-17-8-5-15(6-9-17)21(26)14-3-4-14)20-12-25-22(30-20)16-7-10-18(19(24)11-16)23(27)28-2/h5-14H,3-4H2,1-2H3. The van der Waals surface area contributed by atoms with E-state index in [-0.39, 0.29) is 23.4 Å². The summed E-state index contributed by atoms with van der Waals surface area (Å²) in [6, 6.07) is 11.5. The van der Waals surface area contributed by atoms with Crippen molar-refractivity contribution in [3.05, 3.63) is 70.5 Å². The summed E-state index contributed by atoms with van der Waals surface area (Å²) >= 11 is 1.39. The third-order valence-electron chi connectivity index (χ3n) is 4.95. The molecule has 1 aliphatic rings. The number of thiazole rings is 1. The van der Waals surface area contributed by atoms with E-state index in [1.165, 1.54) is 30.6 Å². The highest BCUT2D eigenvalue weighted by molar-refractivity contribution is 7.15. The summed E-state index contributed by atoms with van der Waals surface area (Å²) in [6.45, 7) is 1.90. The summed E-state index contributed by atoms with van der Waals surface area (Å²) in [5.74, 6) is -0.310. The van der Waals surface area contributed by atoms with Crippen molar-refractivity contribution in [2.75, 3.05) is 7.11 Å². The number of aromatic nitrogens is 1. The fourth-order valence-corrected chi connectivity index (χ4v) is 3.97. The number of Topliss-reactive ketones (excluding diaryl/α,β-unsaturated/α-hetero) is 1. The fourth-order valence-electron chi connectivity index (χ4n) is 3.07. The molecule has 1 aliphatic carbocycles. The number of ketones is 1. The molecule has 0 N–H and O–H groups in total. The molecule has 1 fully saturated rings. The van der Waals surface area contributed by atoms with E-state index >= 15 is 0 Å². The molecular weight excluding hydrogens is 405 g/mol. The van der Waals surface area contributed by atoms with Gasteiger partial charge in [-0.2, -0.15) is 0 Å². The van der Waals surface area contributed by atoms with Crippen molar-refractivity contribution >= 4 is 23.1 Å². The van der Waals surface area contributed by atoms with Crippen molar-refractivity contribution in [2.45, 2.75) is 25.9 Å². The van der Waals surface area contributed by atoms with Crippen molar-refractivity contribution in [1.29, 1.82) is 0 Å². The van der Waals surface area contributed by atoms with Gasteiger partial charge < -0.3 is 9.47 Å². The molecule has 0 aliphatic heterocycles. The number of hydrogen-bond acceptors (Lipinski definition) is 6. The fraction of sp³-hybridized carbons (Fsp3) is 0.261. The Morgan fingerprint density at radius 2 is 1.90 bits per heavy atom. The van der Waals surface area contributed by atoms with Crippen LogP contribution in [-0.2, 0) is 4.74 Å². The molecule has 3 aromatic rings. The molecule has 4 rings (SSSR count). The average Bonchev–Trinajstić information content (AvgIpc) is 3.49. The number of carbonyl (C=O) groups is 2. The number of rotatable bonds is 7. The summed E-state index contributed by atoms with van der Waals surface area (Å²) in [5, 5.41) is 0.626. The van der Waals surface area contributed by atoms with Gasteiger partial charge in [0.05, 0.1) is 17.6 Å². The highest BCUT2D eigenvalue weighted by Crippen LogP contribution is 2.34. The van der Waals surface area contributed by atoms with E-state index in [9.17, 15) is 14.0 Å². The Morgan fingerprint density at radius 1 is 1.17 bits per heavy atom. The summed E-state index contributed by atoms with van der Waals surface area (Å²) < 4.78 is 24.7. The van der Waals surface area contributed by atoms with Crippen LogP contribution in [0.4, 0.5) is 4.39 Å². The van der Waals surface area contributed by atoms with Gasteiger partial charge in [0, 0.05) is 23.2 Å². The number of esters is 1. The molecule has 30 heavy (non-hydrogen) atoms. The smallest absolute Gasteiger partial charge is 0.340 e. The van der Waals surface area contributed by atoms with E-state index < -0.39 is 11.8 Å². The quantitative estimate of drug-likeness (QED) is 0.371. The van der Waals surface area contributed by atoms with Crippen molar-refractivity contribution in [3.8, 4) is 16.3 Å². The van der Waals surface area contributed by atoms with Crippen molar-refractivity contribution in [3.63, 3.8) is 0 Å². The molecule has 0 bridgehead atoms. The highest BCUT2D eigenvalue weighted by atomic mass is 32.1. The minimum absolute atomic E-state index is 0.113. The normalized spacial score (nSPS) is 14.2. The predicted octanol–water partition coefficient (Wildman–Crippen LogP) is 5.47. The number of halogens is 1. The summed E-state index contributed by atoms with van der Waals surface area (Å²) in [7, 11) is 1.21. The van der Waals surface area contributed by atoms with Gasteiger partial charge in [0.25, 0.3) is 0 Å². The SMILES string of the molecule is COC(=O)c1ccc(-c2ncc(C(C)Oc3ccc(C(=O)C4CC4)cc3)s2)cc1F. The Balaban J connectivity index is 1.45. The van der Waals surface area contributed by atoms with Crippen LogP contribution < -0.4 is 4.74 Å². The van der Waals surface area contributed by atoms with Gasteiger partial charge in [-0.25, -0.2) is 14.2 Å². The van der Waals surface area contributed by atoms with E-state index in [1.54, 1.807) is 36.5 Å². The second-order valence-corrected chi connectivity index (χ2v) is 8.24. The van der Waals surface area contributed by atoms with Gasteiger partial charge in [0.2, 0.25) is 0 Å². The van der Waals surface area contributed by atoms with Crippen LogP contribution in [0.5, 0.6) is 5.75 Å². The first-order valence-corrected chi connectivity index (χ1v) is 10.4. The van der Waals surface area contributed by atoms with Crippen molar-refractivity contribution < 1.29 is 23.5 Å². The minimum Gasteiger partial charge on any atom is -0.485 e. The van der Waals surface area contributed by atoms with Gasteiger partial charge in [-0.3, -0.25) is 4.79 Å². The zero-order valence-electron chi connectivity index (χ0n) is 16.6. The van der Waals surface area contributed by atoms with Crippen LogP contribution in [0.3, 0.4) is 0 Å². The van der Waals surface area contributed by atoms with Crippen molar-refractivity contribution in [2.24, 2.45) is 5.92 Å². The van der Waals surface area contributed by atoms with Gasteiger partial charge >= 0.3 is 5.97 Å². The maximum absolute atomic E-state index is 14.2. The van der Waals surface area contributed by atoms with Crippen LogP contribution in [0.25, 0.3) is 10.6 Å². The maximum atomic E-state index is 14.2. The third-order valence-corrected chi connectivity index (χ3v) is 6.15. The molecule has 7 heteroatoms. The molecule has 0 amide bonds. The highest BCUT2D eigenvalue weighted by Gasteiger charge is 2.30. The first-order valence-electron chi connectivity index (χ1n) is 9.61. The molecule has 1 unspecified atom stereocenters. The Kier molecular flexibility index (Phi) is 5.63. The number of methoxy groups -OCH3 is 1. The Hall–Kier alpha value is -3.06. The number of benzene rings is 2. The summed E-state index contributed by atoms with van der Waals surface area (Å²) in [4.78, 5) is 28.9. The third kappa shape index (κ3) is 4.26. The van der Waals surface area contributed by atoms with Gasteiger partial charge in [-0.05, 0) is 56.2 Å². The first kappa shape index (κ1) is 20.2. The van der Waals surface area contributed by atoms with Crippen LogP contribution in [0.2, 0.25) is 0 Å². The van der Waals surface area contributed by atoms with Crippen LogP contribution in [-0.4, -0.2) is 23.8 Å². The molecule has 2 aromatic carbocycles. The number of hydrogen-bond donors (Lipinski definition) is 0. The predicted molar refractivity (Wildman–Crippen MR) is 111 cm³/mol. The van der Waals surface area contributed by atoms with Crippen LogP contribution >= 0.6 is 11.3 Å². The van der Waals surface area contributed by atoms with Gasteiger partial charge in [0.15, 0.2) is 5.78 Å². The second-order valence-electron chi connectivity index (χ2n) is 7.18. The molecule has 0 spiro atoms. The first-order chi connectivity index (χ1) is 14.5. The number of ether oxygens (including phenoxy) is 2. The monoisotopic (exact) mass is 425 g/mol. The molecule has 1 atom stereocenters. The largest absolute Gasteiger partial charge is 0.485 e. The van der Waals surface area contributed by atoms with Crippen LogP contribution in [0.15, 0.2) is 48.7 Å². The van der Waals surface area contributed by atoms with E-state index in [1.807, 2.05) is 6.92 Å². The molecule has 1 heterocycles. The van der Waals surface area contributed by atoms with E-state index in [0.717, 1.165) is 23.3 Å². The molecule has 1 saturated carbocycles. The summed E-state index contributed by atoms with van der Waals surface area (Å²) in [6.07, 6.45) is 3.40. The number of carbonyl (C=O) groups excluding carboxylic acids is 2. The molecule has 5 nitrogen and oxygen atoms in total. The molecule has 154 valence electrons. The van der Waals surface area contributed by atoms with Crippen molar-refractivity contribution in [1.82, 2.24) is 4.98 Å². The van der Waals surface area contributed by atoms with Crippen LogP contribution in [0, 0.1) is 11.7 Å². The zero-order valence-corrected chi connectivity index (χ0v) is 17.4. The molecule has 0 radical (unpaired) electrons. The zero-order chi connectivity index (χ0) is 21.3. The maximum Gasteiger partial charge on any atom is 0.340 e. The Labute approximate surface area is 177 Å². The number of nitrogens with zero attached hydrogens (tertiary/aromatic N) is 1. The molecule has 0 saturated heterocycles. The minimum atomic E-state index is -0.717. The lowest BCUT2D eigenvalue weighted by Crippen LogP contribution is -2.04. The van der Waals surface area contributed by atoms with Gasteiger partial charge in [0.1, 0.15) is 22.7 Å². The van der Waals surface area contributed by atoms with Gasteiger partial charge in [-0.1, -0.05) is 6.07 Å². The molecular formula is C23H20FNO4S. The lowest BCUT2D eigenvalue weighted by molar-refractivity contribution is 0.0595. The average molecular weight is 425 g/mol.